The zero-order valence-electron chi connectivity index (χ0n) is 9.19. The van der Waals surface area contributed by atoms with Crippen LogP contribution in [0.4, 0.5) is 0 Å². The average Bonchev–Trinajstić information content (AvgIpc) is 2.10. The Kier molecular flexibility index (Phi) is 6.99. The quantitative estimate of drug-likeness (QED) is 0.572. The number of sulfonamides is 1. The van der Waals surface area contributed by atoms with Gasteiger partial charge in [-0.1, -0.05) is 26.1 Å². The second-order valence-electron chi connectivity index (χ2n) is 3.15. The van der Waals surface area contributed by atoms with E-state index in [1.807, 2.05) is 13.8 Å². The first kappa shape index (κ1) is 14.8. The topological polar surface area (TPSA) is 75.4 Å². The highest BCUT2D eigenvalue weighted by Gasteiger charge is 2.11. The summed E-state index contributed by atoms with van der Waals surface area (Å²) < 4.78 is 25.1. The van der Waals surface area contributed by atoms with Crippen LogP contribution in [0.3, 0.4) is 0 Å². The third kappa shape index (κ3) is 7.66. The zero-order chi connectivity index (χ0) is 11.9. The van der Waals surface area contributed by atoms with Crippen LogP contribution in [0.1, 0.15) is 13.8 Å². The van der Waals surface area contributed by atoms with Gasteiger partial charge in [0.25, 0.3) is 0 Å². The van der Waals surface area contributed by atoms with Crippen molar-refractivity contribution in [3.8, 4) is 0 Å². The van der Waals surface area contributed by atoms with Gasteiger partial charge < -0.3 is 10.6 Å². The molecule has 0 spiro atoms. The normalized spacial score (nSPS) is 11.9. The van der Waals surface area contributed by atoms with Crippen LogP contribution in [0.2, 0.25) is 0 Å². The fourth-order valence-electron chi connectivity index (χ4n) is 1.14. The van der Waals surface area contributed by atoms with E-state index in [0.717, 1.165) is 13.1 Å². The van der Waals surface area contributed by atoms with Crippen LogP contribution in [-0.2, 0) is 10.0 Å². The lowest BCUT2D eigenvalue weighted by Crippen LogP contribution is -2.38. The van der Waals surface area contributed by atoms with Crippen molar-refractivity contribution in [3.05, 3.63) is 0 Å². The molecular weight excluding hydrogens is 234 g/mol. The van der Waals surface area contributed by atoms with E-state index in [2.05, 4.69) is 21.8 Å². The van der Waals surface area contributed by atoms with E-state index < -0.39 is 10.0 Å². The Hall–Kier alpha value is -0.240. The van der Waals surface area contributed by atoms with E-state index >= 15 is 0 Å². The summed E-state index contributed by atoms with van der Waals surface area (Å²) in [5.41, 5.74) is 5.16. The largest absolute Gasteiger partial charge is 0.392 e. The van der Waals surface area contributed by atoms with Gasteiger partial charge in [0.05, 0.1) is 4.99 Å². The Bertz CT molecular complexity index is 286. The Morgan fingerprint density at radius 2 is 1.93 bits per heavy atom. The molecule has 0 bridgehead atoms. The molecule has 7 heteroatoms. The molecule has 0 saturated carbocycles. The van der Waals surface area contributed by atoms with Crippen molar-refractivity contribution in [2.45, 2.75) is 13.8 Å². The first-order chi connectivity index (χ1) is 6.91. The highest BCUT2D eigenvalue weighted by atomic mass is 32.2. The minimum absolute atomic E-state index is 0.00895. The Morgan fingerprint density at radius 1 is 1.40 bits per heavy atom. The van der Waals surface area contributed by atoms with Crippen molar-refractivity contribution in [1.82, 2.24) is 9.62 Å². The number of rotatable bonds is 8. The van der Waals surface area contributed by atoms with E-state index in [1.165, 1.54) is 0 Å². The van der Waals surface area contributed by atoms with Crippen molar-refractivity contribution in [1.29, 1.82) is 0 Å². The van der Waals surface area contributed by atoms with Crippen molar-refractivity contribution >= 4 is 27.2 Å². The average molecular weight is 253 g/mol. The lowest BCUT2D eigenvalue weighted by Gasteiger charge is -2.17. The van der Waals surface area contributed by atoms with Crippen LogP contribution in [0.25, 0.3) is 0 Å². The molecule has 0 rings (SSSR count). The van der Waals surface area contributed by atoms with E-state index in [4.69, 9.17) is 5.73 Å². The molecule has 0 radical (unpaired) electrons. The van der Waals surface area contributed by atoms with Gasteiger partial charge in [-0.05, 0) is 13.1 Å². The molecule has 15 heavy (non-hydrogen) atoms. The van der Waals surface area contributed by atoms with Gasteiger partial charge in [-0.3, -0.25) is 0 Å². The van der Waals surface area contributed by atoms with Gasteiger partial charge in [0.15, 0.2) is 0 Å². The van der Waals surface area contributed by atoms with Crippen LogP contribution in [0, 0.1) is 0 Å². The van der Waals surface area contributed by atoms with Gasteiger partial charge in [-0.2, -0.15) is 0 Å². The molecule has 0 aliphatic carbocycles. The van der Waals surface area contributed by atoms with Gasteiger partial charge in [0.2, 0.25) is 10.0 Å². The Labute approximate surface area is 97.1 Å². The molecule has 0 aliphatic heterocycles. The molecule has 0 fully saturated rings. The number of nitrogens with zero attached hydrogens (tertiary/aromatic N) is 1. The molecule has 0 amide bonds. The van der Waals surface area contributed by atoms with Crippen LogP contribution in [0.15, 0.2) is 0 Å². The highest BCUT2D eigenvalue weighted by molar-refractivity contribution is 7.92. The zero-order valence-corrected chi connectivity index (χ0v) is 10.8. The van der Waals surface area contributed by atoms with Crippen LogP contribution < -0.4 is 10.5 Å². The van der Waals surface area contributed by atoms with Gasteiger partial charge in [0.1, 0.15) is 5.75 Å². The van der Waals surface area contributed by atoms with Gasteiger partial charge in [-0.15, -0.1) is 0 Å². The fraction of sp³-hybridized carbons (Fsp3) is 0.875. The van der Waals surface area contributed by atoms with Crippen LogP contribution in [-0.4, -0.2) is 50.2 Å². The molecular formula is C8H19N3O2S2. The summed E-state index contributed by atoms with van der Waals surface area (Å²) in [5, 5.41) is 0. The number of likely N-dealkylation sites (N-methyl/N-ethyl adjacent to an activating group) is 1. The molecule has 0 aromatic rings. The summed E-state index contributed by atoms with van der Waals surface area (Å²) in [6.45, 7) is 6.98. The third-order valence-electron chi connectivity index (χ3n) is 1.98. The van der Waals surface area contributed by atoms with E-state index in [9.17, 15) is 8.42 Å². The molecule has 0 aromatic heterocycles. The molecule has 0 atom stereocenters. The van der Waals surface area contributed by atoms with Gasteiger partial charge >= 0.3 is 0 Å². The Balaban J connectivity index is 3.89. The standard InChI is InChI=1S/C8H19N3O2S2/c1-3-11(4-2)6-5-10-15(12,13)7-8(9)14/h10H,3-7H2,1-2H3,(H2,9,14). The van der Waals surface area contributed by atoms with Crippen molar-refractivity contribution in [2.24, 2.45) is 5.73 Å². The molecule has 0 saturated heterocycles. The molecule has 0 aromatic carbocycles. The van der Waals surface area contributed by atoms with E-state index in [1.54, 1.807) is 0 Å². The maximum atomic E-state index is 11.3. The lowest BCUT2D eigenvalue weighted by molar-refractivity contribution is 0.309. The summed E-state index contributed by atoms with van der Waals surface area (Å²) in [6.07, 6.45) is 0. The van der Waals surface area contributed by atoms with Crippen LogP contribution >= 0.6 is 12.2 Å². The molecule has 5 nitrogen and oxygen atoms in total. The van der Waals surface area contributed by atoms with Crippen LogP contribution in [0.5, 0.6) is 0 Å². The maximum absolute atomic E-state index is 11.3. The third-order valence-corrected chi connectivity index (χ3v) is 3.64. The monoisotopic (exact) mass is 253 g/mol. The molecule has 3 N–H and O–H groups in total. The predicted molar refractivity (Wildman–Crippen MR) is 66.4 cm³/mol. The number of nitrogens with one attached hydrogen (secondary N) is 1. The summed E-state index contributed by atoms with van der Waals surface area (Å²) in [4.78, 5) is 2.12. The molecule has 90 valence electrons. The molecule has 0 unspecified atom stereocenters. The second-order valence-corrected chi connectivity index (χ2v) is 5.48. The first-order valence-corrected chi connectivity index (χ1v) is 6.95. The highest BCUT2D eigenvalue weighted by Crippen LogP contribution is 1.87. The van der Waals surface area contributed by atoms with Gasteiger partial charge in [-0.25, -0.2) is 13.1 Å². The van der Waals surface area contributed by atoms with Crippen molar-refractivity contribution in [3.63, 3.8) is 0 Å². The summed E-state index contributed by atoms with van der Waals surface area (Å²) in [7, 11) is -3.34. The van der Waals surface area contributed by atoms with Gasteiger partial charge in [0, 0.05) is 13.1 Å². The minimum atomic E-state index is -3.34. The SMILES string of the molecule is CCN(CC)CCNS(=O)(=O)CC(N)=S. The maximum Gasteiger partial charge on any atom is 0.218 e. The minimum Gasteiger partial charge on any atom is -0.392 e. The summed E-state index contributed by atoms with van der Waals surface area (Å²) >= 11 is 4.54. The second kappa shape index (κ2) is 7.10. The lowest BCUT2D eigenvalue weighted by atomic mass is 10.5. The fourth-order valence-corrected chi connectivity index (χ4v) is 2.48. The number of hydrogen-bond acceptors (Lipinski definition) is 4. The first-order valence-electron chi connectivity index (χ1n) is 4.89. The smallest absolute Gasteiger partial charge is 0.218 e. The molecule has 0 heterocycles. The Morgan fingerprint density at radius 3 is 2.33 bits per heavy atom. The van der Waals surface area contributed by atoms with E-state index in [0.29, 0.717) is 13.1 Å². The number of hydrogen-bond donors (Lipinski definition) is 2. The molecule has 0 aliphatic rings. The van der Waals surface area contributed by atoms with Crippen molar-refractivity contribution < 1.29 is 8.42 Å². The summed E-state index contributed by atoms with van der Waals surface area (Å²) in [6, 6.07) is 0. The van der Waals surface area contributed by atoms with E-state index in [-0.39, 0.29) is 10.7 Å². The number of nitrogens with two attached hydrogens (primary N) is 1. The predicted octanol–water partition coefficient (Wildman–Crippen LogP) is -0.466. The summed E-state index contributed by atoms with van der Waals surface area (Å²) in [5.74, 6) is -0.277. The number of thiocarbonyl (C=S) groups is 1. The van der Waals surface area contributed by atoms with Crippen molar-refractivity contribution in [2.75, 3.05) is 31.9 Å².